The van der Waals surface area contributed by atoms with Crippen LogP contribution in [0.1, 0.15) is 28.9 Å². The molecule has 4 N–H and O–H groups in total. The number of imidazole rings is 1. The van der Waals surface area contributed by atoms with Crippen LogP contribution in [0.5, 0.6) is 0 Å². The van der Waals surface area contributed by atoms with Crippen LogP contribution in [0.25, 0.3) is 0 Å². The summed E-state index contributed by atoms with van der Waals surface area (Å²) in [6.07, 6.45) is 3.41. The molecule has 0 saturated carbocycles. The lowest BCUT2D eigenvalue weighted by atomic mass is 10.2. The second kappa shape index (κ2) is 6.60. The van der Waals surface area contributed by atoms with Gasteiger partial charge in [-0.3, -0.25) is 9.69 Å². The van der Waals surface area contributed by atoms with E-state index in [-0.39, 0.29) is 12.5 Å². The van der Waals surface area contributed by atoms with Gasteiger partial charge in [-0.05, 0) is 7.05 Å². The number of carbonyl (C=O) groups is 1. The minimum Gasteiger partial charge on any atom is -0.481 e. The lowest BCUT2D eigenvalue weighted by molar-refractivity contribution is -0.137. The molecule has 0 spiro atoms. The maximum absolute atomic E-state index is 10.7. The number of aromatic amines is 1. The van der Waals surface area contributed by atoms with Crippen molar-refractivity contribution in [2.75, 3.05) is 13.6 Å². The zero-order chi connectivity index (χ0) is 14.5. The zero-order valence-corrected chi connectivity index (χ0v) is 11.9. The van der Waals surface area contributed by atoms with Gasteiger partial charge in [0, 0.05) is 24.7 Å². The summed E-state index contributed by atoms with van der Waals surface area (Å²) in [6, 6.07) is -0.137. The number of nitrogens with zero attached hydrogens (tertiary/aromatic N) is 3. The molecule has 0 fully saturated rings. The third-order valence-electron chi connectivity index (χ3n) is 2.95. The highest BCUT2D eigenvalue weighted by Crippen LogP contribution is 2.28. The molecule has 0 aliphatic rings. The maximum Gasteiger partial charge on any atom is 0.304 e. The fourth-order valence-electron chi connectivity index (χ4n) is 1.92. The quantitative estimate of drug-likeness (QED) is 0.698. The molecule has 0 saturated heterocycles. The number of hydrogen-bond acceptors (Lipinski definition) is 6. The first kappa shape index (κ1) is 14.6. The summed E-state index contributed by atoms with van der Waals surface area (Å²) in [5, 5.41) is 11.6. The van der Waals surface area contributed by atoms with E-state index in [1.807, 2.05) is 17.3 Å². The standard InChI is InChI=1S/C12H17N5O2S/c1-17(3-2-10(18)19)11(9-5-14-7-15-9)12-16-8(4-13)6-20-12/h5-7,11H,2-4,13H2,1H3,(H,14,15)(H,18,19). The van der Waals surface area contributed by atoms with Crippen LogP contribution in [-0.2, 0) is 11.3 Å². The van der Waals surface area contributed by atoms with Gasteiger partial charge in [0.05, 0.1) is 24.1 Å². The van der Waals surface area contributed by atoms with Gasteiger partial charge in [-0.15, -0.1) is 11.3 Å². The number of nitrogens with two attached hydrogens (primary N) is 1. The summed E-state index contributed by atoms with van der Waals surface area (Å²) in [7, 11) is 1.87. The van der Waals surface area contributed by atoms with E-state index in [2.05, 4.69) is 15.0 Å². The monoisotopic (exact) mass is 295 g/mol. The van der Waals surface area contributed by atoms with Crippen LogP contribution in [0.4, 0.5) is 0 Å². The van der Waals surface area contributed by atoms with Crippen molar-refractivity contribution in [1.29, 1.82) is 0 Å². The topological polar surface area (TPSA) is 108 Å². The van der Waals surface area contributed by atoms with Crippen LogP contribution in [-0.4, -0.2) is 44.5 Å². The largest absolute Gasteiger partial charge is 0.481 e. The van der Waals surface area contributed by atoms with Gasteiger partial charge in [-0.25, -0.2) is 9.97 Å². The molecule has 0 radical (unpaired) electrons. The molecule has 8 heteroatoms. The Hall–Kier alpha value is -1.77. The Bertz CT molecular complexity index is 554. The number of aliphatic carboxylic acids is 1. The summed E-state index contributed by atoms with van der Waals surface area (Å²) in [6.45, 7) is 0.821. The fraction of sp³-hybridized carbons (Fsp3) is 0.417. The Labute approximate surface area is 120 Å². The number of thiazole rings is 1. The Kier molecular flexibility index (Phi) is 4.83. The molecular formula is C12H17N5O2S. The number of carboxylic acids is 1. The van der Waals surface area contributed by atoms with E-state index in [0.717, 1.165) is 16.4 Å². The van der Waals surface area contributed by atoms with Crippen LogP contribution in [0.3, 0.4) is 0 Å². The molecule has 0 aromatic carbocycles. The zero-order valence-electron chi connectivity index (χ0n) is 11.1. The molecule has 2 aromatic rings. The van der Waals surface area contributed by atoms with E-state index in [9.17, 15) is 4.79 Å². The molecule has 0 bridgehead atoms. The molecule has 20 heavy (non-hydrogen) atoms. The average molecular weight is 295 g/mol. The molecule has 0 aliphatic carbocycles. The summed E-state index contributed by atoms with van der Waals surface area (Å²) in [4.78, 5) is 24.3. The number of rotatable bonds is 7. The highest BCUT2D eigenvalue weighted by atomic mass is 32.1. The van der Waals surface area contributed by atoms with Crippen molar-refractivity contribution in [3.05, 3.63) is 34.3 Å². The summed E-state index contributed by atoms with van der Waals surface area (Å²) >= 11 is 1.52. The van der Waals surface area contributed by atoms with Crippen LogP contribution in [0.15, 0.2) is 17.9 Å². The van der Waals surface area contributed by atoms with Gasteiger partial charge in [0.2, 0.25) is 0 Å². The number of H-pyrrole nitrogens is 1. The van der Waals surface area contributed by atoms with Crippen molar-refractivity contribution in [2.45, 2.75) is 19.0 Å². The third-order valence-corrected chi connectivity index (χ3v) is 3.89. The van der Waals surface area contributed by atoms with E-state index in [0.29, 0.717) is 13.1 Å². The summed E-state index contributed by atoms with van der Waals surface area (Å²) in [5.41, 5.74) is 7.31. The molecule has 0 amide bonds. The first-order valence-corrected chi connectivity index (χ1v) is 7.04. The molecule has 7 nitrogen and oxygen atoms in total. The fourth-order valence-corrected chi connectivity index (χ4v) is 2.93. The van der Waals surface area contributed by atoms with Gasteiger partial charge in [0.25, 0.3) is 0 Å². The summed E-state index contributed by atoms with van der Waals surface area (Å²) in [5.74, 6) is -0.818. The second-order valence-corrected chi connectivity index (χ2v) is 5.30. The van der Waals surface area contributed by atoms with Gasteiger partial charge in [0.1, 0.15) is 11.0 Å². The predicted octanol–water partition coefficient (Wildman–Crippen LogP) is 0.821. The van der Waals surface area contributed by atoms with Crippen molar-refractivity contribution in [3.8, 4) is 0 Å². The average Bonchev–Trinajstić information content (AvgIpc) is 3.08. The number of aromatic nitrogens is 3. The van der Waals surface area contributed by atoms with Crippen molar-refractivity contribution < 1.29 is 9.90 Å². The molecular weight excluding hydrogens is 278 g/mol. The Morgan fingerprint density at radius 3 is 3.00 bits per heavy atom. The third kappa shape index (κ3) is 3.41. The molecule has 0 aliphatic heterocycles. The van der Waals surface area contributed by atoms with Crippen molar-refractivity contribution >= 4 is 17.3 Å². The van der Waals surface area contributed by atoms with Gasteiger partial charge in [0.15, 0.2) is 0 Å². The van der Waals surface area contributed by atoms with Crippen LogP contribution in [0.2, 0.25) is 0 Å². The van der Waals surface area contributed by atoms with Crippen LogP contribution >= 0.6 is 11.3 Å². The molecule has 1 atom stereocenters. The molecule has 2 heterocycles. The second-order valence-electron chi connectivity index (χ2n) is 4.42. The number of nitrogens with one attached hydrogen (secondary N) is 1. The molecule has 108 valence electrons. The van der Waals surface area contributed by atoms with Crippen LogP contribution < -0.4 is 5.73 Å². The SMILES string of the molecule is CN(CCC(=O)O)C(c1cnc[nH]1)c1nc(CN)cs1. The van der Waals surface area contributed by atoms with E-state index in [1.54, 1.807) is 12.5 Å². The smallest absolute Gasteiger partial charge is 0.304 e. The van der Waals surface area contributed by atoms with Gasteiger partial charge in [-0.2, -0.15) is 0 Å². The highest BCUT2D eigenvalue weighted by molar-refractivity contribution is 7.09. The molecule has 1 unspecified atom stereocenters. The molecule has 2 rings (SSSR count). The number of carboxylic acid groups (broad SMARTS) is 1. The van der Waals surface area contributed by atoms with Gasteiger partial charge < -0.3 is 15.8 Å². The number of hydrogen-bond donors (Lipinski definition) is 3. The van der Waals surface area contributed by atoms with E-state index < -0.39 is 5.97 Å². The normalized spacial score (nSPS) is 12.8. The van der Waals surface area contributed by atoms with Crippen molar-refractivity contribution in [1.82, 2.24) is 19.9 Å². The highest BCUT2D eigenvalue weighted by Gasteiger charge is 2.24. The first-order valence-electron chi connectivity index (χ1n) is 6.16. The van der Waals surface area contributed by atoms with E-state index in [1.165, 1.54) is 11.3 Å². The van der Waals surface area contributed by atoms with E-state index in [4.69, 9.17) is 10.8 Å². The Morgan fingerprint density at radius 2 is 2.45 bits per heavy atom. The van der Waals surface area contributed by atoms with E-state index >= 15 is 0 Å². The predicted molar refractivity (Wildman–Crippen MR) is 75.3 cm³/mol. The minimum atomic E-state index is -0.818. The van der Waals surface area contributed by atoms with Gasteiger partial charge in [-0.1, -0.05) is 0 Å². The maximum atomic E-state index is 10.7. The first-order chi connectivity index (χ1) is 9.61. The minimum absolute atomic E-state index is 0.0796. The lowest BCUT2D eigenvalue weighted by Crippen LogP contribution is -2.28. The summed E-state index contributed by atoms with van der Waals surface area (Å²) < 4.78 is 0. The van der Waals surface area contributed by atoms with Crippen molar-refractivity contribution in [3.63, 3.8) is 0 Å². The Balaban J connectivity index is 2.23. The molecule has 2 aromatic heterocycles. The van der Waals surface area contributed by atoms with Crippen molar-refractivity contribution in [2.24, 2.45) is 5.73 Å². The lowest BCUT2D eigenvalue weighted by Gasteiger charge is -2.24. The van der Waals surface area contributed by atoms with Crippen LogP contribution in [0, 0.1) is 0 Å². The Morgan fingerprint density at radius 1 is 1.65 bits per heavy atom. The van der Waals surface area contributed by atoms with Gasteiger partial charge >= 0.3 is 5.97 Å².